The van der Waals surface area contributed by atoms with E-state index in [0.717, 1.165) is 12.0 Å². The molecule has 1 amide bonds. The Hall–Kier alpha value is -1.39. The van der Waals surface area contributed by atoms with Gasteiger partial charge in [-0.1, -0.05) is 37.3 Å². The Bertz CT molecular complexity index is 340. The molecule has 1 aromatic carbocycles. The van der Waals surface area contributed by atoms with Gasteiger partial charge in [-0.15, -0.1) is 0 Å². The van der Waals surface area contributed by atoms with E-state index in [1.54, 1.807) is 7.11 Å². The van der Waals surface area contributed by atoms with Crippen LogP contribution >= 0.6 is 0 Å². The normalized spacial score (nSPS) is 12.1. The Balaban J connectivity index is 2.37. The van der Waals surface area contributed by atoms with E-state index in [1.165, 1.54) is 0 Å². The molecule has 1 rings (SSSR count). The van der Waals surface area contributed by atoms with E-state index >= 15 is 0 Å². The van der Waals surface area contributed by atoms with Gasteiger partial charge in [-0.2, -0.15) is 0 Å². The van der Waals surface area contributed by atoms with Crippen molar-refractivity contribution in [3.05, 3.63) is 35.9 Å². The van der Waals surface area contributed by atoms with Crippen LogP contribution in [0.5, 0.6) is 0 Å². The lowest BCUT2D eigenvalue weighted by Crippen LogP contribution is -2.31. The van der Waals surface area contributed by atoms with Crippen LogP contribution in [-0.4, -0.2) is 32.8 Å². The molecule has 0 radical (unpaired) electrons. The van der Waals surface area contributed by atoms with Crippen LogP contribution < -0.4 is 5.32 Å². The molecule has 0 aromatic heterocycles. The van der Waals surface area contributed by atoms with Crippen molar-refractivity contribution in [3.63, 3.8) is 0 Å². The average molecular weight is 251 g/mol. The van der Waals surface area contributed by atoms with Crippen molar-refractivity contribution in [2.75, 3.05) is 26.9 Å². The highest BCUT2D eigenvalue weighted by atomic mass is 16.5. The van der Waals surface area contributed by atoms with Gasteiger partial charge in [0.2, 0.25) is 5.91 Å². The fourth-order valence-corrected chi connectivity index (χ4v) is 1.65. The number of amides is 1. The lowest BCUT2D eigenvalue weighted by molar-refractivity contribution is -0.126. The predicted molar refractivity (Wildman–Crippen MR) is 70.3 cm³/mol. The molecule has 0 saturated heterocycles. The minimum atomic E-state index is -0.0955. The van der Waals surface area contributed by atoms with Crippen LogP contribution in [0.2, 0.25) is 0 Å². The monoisotopic (exact) mass is 251 g/mol. The van der Waals surface area contributed by atoms with Crippen LogP contribution in [0.1, 0.15) is 24.9 Å². The smallest absolute Gasteiger partial charge is 0.246 e. The Morgan fingerprint density at radius 1 is 1.28 bits per heavy atom. The van der Waals surface area contributed by atoms with Crippen LogP contribution in [0.4, 0.5) is 0 Å². The van der Waals surface area contributed by atoms with E-state index in [1.807, 2.05) is 37.3 Å². The minimum absolute atomic E-state index is 0.0460. The van der Waals surface area contributed by atoms with Gasteiger partial charge in [-0.25, -0.2) is 0 Å². The number of nitrogens with one attached hydrogen (secondary N) is 1. The highest BCUT2D eigenvalue weighted by Crippen LogP contribution is 2.15. The molecule has 1 N–H and O–H groups in total. The zero-order chi connectivity index (χ0) is 13.2. The second-order valence-corrected chi connectivity index (χ2v) is 3.98. The second-order valence-electron chi connectivity index (χ2n) is 3.98. The van der Waals surface area contributed by atoms with Crippen LogP contribution in [0.15, 0.2) is 30.3 Å². The molecule has 0 aliphatic rings. The quantitative estimate of drug-likeness (QED) is 0.718. The van der Waals surface area contributed by atoms with Gasteiger partial charge in [0.05, 0.1) is 19.3 Å². The van der Waals surface area contributed by atoms with Gasteiger partial charge < -0.3 is 14.8 Å². The predicted octanol–water partition coefficient (Wildman–Crippen LogP) is 1.92. The van der Waals surface area contributed by atoms with Crippen LogP contribution in [0.3, 0.4) is 0 Å². The first-order valence-electron chi connectivity index (χ1n) is 6.19. The van der Waals surface area contributed by atoms with E-state index in [4.69, 9.17) is 9.47 Å². The summed E-state index contributed by atoms with van der Waals surface area (Å²) in [7, 11) is 1.60. The maximum atomic E-state index is 11.7. The fourth-order valence-electron chi connectivity index (χ4n) is 1.65. The van der Waals surface area contributed by atoms with Gasteiger partial charge in [0.1, 0.15) is 6.61 Å². The fraction of sp³-hybridized carbons (Fsp3) is 0.500. The summed E-state index contributed by atoms with van der Waals surface area (Å²) in [6.07, 6.45) is 0.855. The highest BCUT2D eigenvalue weighted by Gasteiger charge is 2.11. The molecule has 1 atom stereocenters. The summed E-state index contributed by atoms with van der Waals surface area (Å²) in [6.45, 7) is 3.06. The number of benzene rings is 1. The topological polar surface area (TPSA) is 47.6 Å². The van der Waals surface area contributed by atoms with E-state index in [-0.39, 0.29) is 18.6 Å². The van der Waals surface area contributed by atoms with Crippen molar-refractivity contribution < 1.29 is 14.3 Å². The first kappa shape index (κ1) is 14.7. The third-order valence-electron chi connectivity index (χ3n) is 2.61. The molecule has 0 saturated carbocycles. The molecular formula is C14H21NO3. The zero-order valence-corrected chi connectivity index (χ0v) is 11.0. The lowest BCUT2D eigenvalue weighted by atomic mass is 10.0. The average Bonchev–Trinajstić information content (AvgIpc) is 2.42. The van der Waals surface area contributed by atoms with Gasteiger partial charge in [-0.05, 0) is 12.0 Å². The number of rotatable bonds is 8. The highest BCUT2D eigenvalue weighted by molar-refractivity contribution is 5.77. The zero-order valence-electron chi connectivity index (χ0n) is 11.0. The number of carbonyl (C=O) groups is 1. The van der Waals surface area contributed by atoms with E-state index in [0.29, 0.717) is 13.2 Å². The molecule has 1 unspecified atom stereocenters. The number of hydrogen-bond donors (Lipinski definition) is 1. The van der Waals surface area contributed by atoms with Crippen molar-refractivity contribution in [3.8, 4) is 0 Å². The van der Waals surface area contributed by atoms with E-state index in [9.17, 15) is 4.79 Å². The van der Waals surface area contributed by atoms with Crippen molar-refractivity contribution in [1.29, 1.82) is 0 Å². The standard InChI is InChI=1S/C14H21NO3/c1-3-13(12-7-5-4-6-8-12)15-14(16)11-18-10-9-17-2/h4-8,13H,3,9-11H2,1-2H3,(H,15,16). The van der Waals surface area contributed by atoms with Gasteiger partial charge in [0, 0.05) is 7.11 Å². The summed E-state index contributed by atoms with van der Waals surface area (Å²) in [5.74, 6) is -0.0955. The first-order valence-corrected chi connectivity index (χ1v) is 6.19. The van der Waals surface area contributed by atoms with Crippen molar-refractivity contribution in [2.45, 2.75) is 19.4 Å². The summed E-state index contributed by atoms with van der Waals surface area (Å²) in [4.78, 5) is 11.7. The molecule has 0 aliphatic carbocycles. The first-order chi connectivity index (χ1) is 8.77. The Labute approximate surface area is 108 Å². The molecular weight excluding hydrogens is 230 g/mol. The third kappa shape index (κ3) is 5.29. The SMILES string of the molecule is CCC(NC(=O)COCCOC)c1ccccc1. The molecule has 4 nitrogen and oxygen atoms in total. The van der Waals surface area contributed by atoms with Crippen LogP contribution in [0.25, 0.3) is 0 Å². The van der Waals surface area contributed by atoms with Gasteiger partial charge in [-0.3, -0.25) is 4.79 Å². The number of carbonyl (C=O) groups excluding carboxylic acids is 1. The lowest BCUT2D eigenvalue weighted by Gasteiger charge is -2.17. The molecule has 0 spiro atoms. The van der Waals surface area contributed by atoms with E-state index in [2.05, 4.69) is 5.32 Å². The summed E-state index contributed by atoms with van der Waals surface area (Å²) in [5, 5.41) is 2.96. The summed E-state index contributed by atoms with van der Waals surface area (Å²) >= 11 is 0. The summed E-state index contributed by atoms with van der Waals surface area (Å²) in [6, 6.07) is 9.98. The van der Waals surface area contributed by atoms with Gasteiger partial charge in [0.15, 0.2) is 0 Å². The molecule has 1 aromatic rings. The van der Waals surface area contributed by atoms with Crippen LogP contribution in [0, 0.1) is 0 Å². The minimum Gasteiger partial charge on any atom is -0.382 e. The molecule has 0 bridgehead atoms. The maximum absolute atomic E-state index is 11.7. The second kappa shape index (κ2) is 8.66. The molecule has 0 fully saturated rings. The summed E-state index contributed by atoms with van der Waals surface area (Å²) in [5.41, 5.74) is 1.12. The molecule has 4 heteroatoms. The van der Waals surface area contributed by atoms with Crippen molar-refractivity contribution in [2.24, 2.45) is 0 Å². The Morgan fingerprint density at radius 2 is 2.00 bits per heavy atom. The van der Waals surface area contributed by atoms with Crippen molar-refractivity contribution >= 4 is 5.91 Å². The molecule has 18 heavy (non-hydrogen) atoms. The molecule has 100 valence electrons. The van der Waals surface area contributed by atoms with Crippen LogP contribution in [-0.2, 0) is 14.3 Å². The number of methoxy groups -OCH3 is 1. The van der Waals surface area contributed by atoms with Gasteiger partial charge in [0.25, 0.3) is 0 Å². The third-order valence-corrected chi connectivity index (χ3v) is 2.61. The Morgan fingerprint density at radius 3 is 2.61 bits per heavy atom. The largest absolute Gasteiger partial charge is 0.382 e. The van der Waals surface area contributed by atoms with Crippen molar-refractivity contribution in [1.82, 2.24) is 5.32 Å². The molecule has 0 heterocycles. The molecule has 0 aliphatic heterocycles. The van der Waals surface area contributed by atoms with E-state index < -0.39 is 0 Å². The maximum Gasteiger partial charge on any atom is 0.246 e. The number of hydrogen-bond acceptors (Lipinski definition) is 3. The van der Waals surface area contributed by atoms with Gasteiger partial charge >= 0.3 is 0 Å². The Kier molecular flexibility index (Phi) is 7.06. The number of ether oxygens (including phenoxy) is 2. The summed E-state index contributed by atoms with van der Waals surface area (Å²) < 4.78 is 10.0.